The fraction of sp³-hybridized carbons (Fsp3) is 0.269. The molecule has 0 aliphatic carbocycles. The number of hydrogen-bond acceptors (Lipinski definition) is 7. The lowest BCUT2D eigenvalue weighted by Gasteiger charge is -2.14. The highest BCUT2D eigenvalue weighted by Gasteiger charge is 2.32. The van der Waals surface area contributed by atoms with Gasteiger partial charge in [-0.1, -0.05) is 24.3 Å². The number of alkyl halides is 3. The zero-order valence-corrected chi connectivity index (χ0v) is 23.3. The number of halogens is 4. The first-order valence-electron chi connectivity index (χ1n) is 12.2. The van der Waals surface area contributed by atoms with Gasteiger partial charge in [0.05, 0.1) is 44.0 Å². The molecule has 0 saturated carbocycles. The van der Waals surface area contributed by atoms with E-state index in [1.54, 1.807) is 42.1 Å². The molecule has 40 heavy (non-hydrogen) atoms. The lowest BCUT2D eigenvalue weighted by molar-refractivity contribution is 0.142. The Labute approximate surface area is 240 Å². The number of carbonyl (C=O) groups is 1. The molecule has 2 aromatic carbocycles. The van der Waals surface area contributed by atoms with Gasteiger partial charge in [-0.3, -0.25) is 9.89 Å². The van der Waals surface area contributed by atoms with Crippen LogP contribution in [0.2, 0.25) is 0 Å². The number of aliphatic imine (C=N–C) groups is 1. The van der Waals surface area contributed by atoms with Crippen molar-refractivity contribution in [1.29, 1.82) is 0 Å². The molecular formula is C26H24F3IN8O2. The molecule has 0 radical (unpaired) electrons. The molecule has 1 aliphatic heterocycles. The number of anilines is 2. The number of fused-ring (bicyclic) bond motifs is 1. The summed E-state index contributed by atoms with van der Waals surface area (Å²) in [4.78, 5) is 30.3. The van der Waals surface area contributed by atoms with Crippen molar-refractivity contribution in [2.75, 3.05) is 29.9 Å². The number of aromatic nitrogens is 4. The topological polar surface area (TPSA) is 124 Å². The molecule has 3 heterocycles. The first-order chi connectivity index (χ1) is 19.1. The summed E-state index contributed by atoms with van der Waals surface area (Å²) >= 11 is 1.06. The molecule has 0 unspecified atom stereocenters. The van der Waals surface area contributed by atoms with E-state index in [4.69, 9.17) is 10.5 Å². The van der Waals surface area contributed by atoms with Crippen molar-refractivity contribution in [3.8, 4) is 11.1 Å². The number of nitrogens with one attached hydrogen (secondary N) is 1. The average Bonchev–Trinajstić information content (AvgIpc) is 3.49. The maximum atomic E-state index is 15.1. The second-order valence-corrected chi connectivity index (χ2v) is 10.8. The summed E-state index contributed by atoms with van der Waals surface area (Å²) < 4.78 is 45.8. The van der Waals surface area contributed by atoms with E-state index in [1.165, 1.54) is 17.3 Å². The third-order valence-corrected chi connectivity index (χ3v) is 6.54. The van der Waals surface area contributed by atoms with Crippen molar-refractivity contribution >= 4 is 57.2 Å². The Morgan fingerprint density at radius 1 is 1.23 bits per heavy atom. The Bertz CT molecular complexity index is 1570. The van der Waals surface area contributed by atoms with Gasteiger partial charge in [-0.25, -0.2) is 24.1 Å². The number of nitrogens with two attached hydrogens (primary N) is 1. The molecule has 3 N–H and O–H groups in total. The predicted molar refractivity (Wildman–Crippen MR) is 153 cm³/mol. The molecule has 5 rings (SSSR count). The number of nitrogens with zero attached hydrogens (tertiary/aromatic N) is 6. The van der Waals surface area contributed by atoms with E-state index in [0.717, 1.165) is 28.2 Å². The molecule has 4 aromatic rings. The van der Waals surface area contributed by atoms with Crippen LogP contribution in [0.1, 0.15) is 12.5 Å². The second-order valence-electron chi connectivity index (χ2n) is 9.20. The summed E-state index contributed by atoms with van der Waals surface area (Å²) in [5, 5.41) is 2.61. The Balaban J connectivity index is 1.28. The first kappa shape index (κ1) is 27.6. The van der Waals surface area contributed by atoms with Crippen LogP contribution < -0.4 is 16.0 Å². The van der Waals surface area contributed by atoms with E-state index in [0.29, 0.717) is 40.4 Å². The number of rotatable bonds is 9. The minimum absolute atomic E-state index is 0.228. The lowest BCUT2D eigenvalue weighted by atomic mass is 10.0. The molecular weight excluding hydrogens is 640 g/mol. The quantitative estimate of drug-likeness (QED) is 0.114. The van der Waals surface area contributed by atoms with Gasteiger partial charge in [-0.05, 0) is 36.2 Å². The minimum atomic E-state index is -2.93. The van der Waals surface area contributed by atoms with E-state index in [2.05, 4.69) is 25.3 Å². The minimum Gasteiger partial charge on any atom is -0.442 e. The lowest BCUT2D eigenvalue weighted by Crippen LogP contribution is -2.25. The van der Waals surface area contributed by atoms with Gasteiger partial charge in [0, 0.05) is 28.2 Å². The smallest absolute Gasteiger partial charge is 0.414 e. The van der Waals surface area contributed by atoms with Crippen LogP contribution in [-0.2, 0) is 11.3 Å². The second kappa shape index (κ2) is 11.3. The fourth-order valence-electron chi connectivity index (χ4n) is 4.28. The van der Waals surface area contributed by atoms with Crippen LogP contribution in [0, 0.1) is 5.82 Å². The number of carbonyl (C=O) groups excluding carboxylic acids is 1. The van der Waals surface area contributed by atoms with E-state index < -0.39 is 28.5 Å². The summed E-state index contributed by atoms with van der Waals surface area (Å²) in [6.45, 7) is 1.97. The van der Waals surface area contributed by atoms with Crippen molar-refractivity contribution in [3.63, 3.8) is 0 Å². The highest BCUT2D eigenvalue weighted by atomic mass is 127. The highest BCUT2D eigenvalue weighted by molar-refractivity contribution is 14.1. The van der Waals surface area contributed by atoms with Gasteiger partial charge in [-0.2, -0.15) is 8.78 Å². The third kappa shape index (κ3) is 6.26. The van der Waals surface area contributed by atoms with Gasteiger partial charge < -0.3 is 20.4 Å². The number of amides is 1. The van der Waals surface area contributed by atoms with Crippen LogP contribution in [-0.4, -0.2) is 61.1 Å². The van der Waals surface area contributed by atoms with Crippen LogP contribution in [0.4, 0.5) is 29.5 Å². The van der Waals surface area contributed by atoms with Gasteiger partial charge in [-0.15, -0.1) is 0 Å². The Morgan fingerprint density at radius 2 is 2.00 bits per heavy atom. The maximum absolute atomic E-state index is 15.1. The van der Waals surface area contributed by atoms with Gasteiger partial charge in [0.2, 0.25) is 0 Å². The molecule has 208 valence electrons. The Kier molecular flexibility index (Phi) is 7.78. The number of ether oxygens (including phenoxy) is 1. The normalized spacial score (nSPS) is 16.0. The first-order valence-corrected chi connectivity index (χ1v) is 13.3. The van der Waals surface area contributed by atoms with Gasteiger partial charge >= 0.3 is 10.0 Å². The van der Waals surface area contributed by atoms with Crippen molar-refractivity contribution < 1.29 is 22.7 Å². The monoisotopic (exact) mass is 664 g/mol. The number of benzene rings is 2. The molecule has 1 saturated heterocycles. The van der Waals surface area contributed by atoms with Gasteiger partial charge in [0.25, 0.3) is 0 Å². The van der Waals surface area contributed by atoms with Crippen molar-refractivity contribution in [3.05, 3.63) is 66.5 Å². The van der Waals surface area contributed by atoms with E-state index >= 15 is 4.39 Å². The van der Waals surface area contributed by atoms with E-state index in [1.807, 2.05) is 12.1 Å². The molecule has 0 spiro atoms. The number of amidine groups is 1. The largest absolute Gasteiger partial charge is 0.442 e. The van der Waals surface area contributed by atoms with Crippen molar-refractivity contribution in [1.82, 2.24) is 19.5 Å². The van der Waals surface area contributed by atoms with Crippen LogP contribution in [0.15, 0.2) is 60.1 Å². The molecule has 2 aromatic heterocycles. The van der Waals surface area contributed by atoms with E-state index in [-0.39, 0.29) is 18.9 Å². The number of cyclic esters (lactones) is 1. The summed E-state index contributed by atoms with van der Waals surface area (Å²) in [5.41, 5.74) is 8.76. The molecule has 1 fully saturated rings. The summed E-state index contributed by atoms with van der Waals surface area (Å²) in [6, 6.07) is 11.9. The molecule has 14 heteroatoms. The molecule has 1 atom stereocenters. The number of imidazole rings is 1. The molecule has 1 amide bonds. The molecule has 0 bridgehead atoms. The van der Waals surface area contributed by atoms with Crippen LogP contribution >= 0.6 is 22.6 Å². The van der Waals surface area contributed by atoms with Crippen LogP contribution in [0.5, 0.6) is 0 Å². The Hall–Kier alpha value is -3.95. The summed E-state index contributed by atoms with van der Waals surface area (Å²) in [7, 11) is 0. The number of hydrogen-bond donors (Lipinski definition) is 2. The molecule has 1 aliphatic rings. The third-order valence-electron chi connectivity index (χ3n) is 6.16. The van der Waals surface area contributed by atoms with Crippen LogP contribution in [0.25, 0.3) is 22.3 Å². The fourth-order valence-corrected chi connectivity index (χ4v) is 4.47. The highest BCUT2D eigenvalue weighted by Crippen LogP contribution is 2.30. The zero-order chi connectivity index (χ0) is 28.4. The summed E-state index contributed by atoms with van der Waals surface area (Å²) in [5.74, 6) is 0.143. The predicted octanol–water partition coefficient (Wildman–Crippen LogP) is 4.82. The average molecular weight is 664 g/mol. The van der Waals surface area contributed by atoms with Crippen LogP contribution in [0.3, 0.4) is 0 Å². The van der Waals surface area contributed by atoms with Gasteiger partial charge in [0.1, 0.15) is 23.8 Å². The maximum Gasteiger partial charge on any atom is 0.414 e. The standard InChI is InChI=1S/C26H24F3IN8O2/c1-15(31)32-9-19-11-38(25(39)40-19)18-6-7-20(21(27)8-18)17-4-2-16(3-5-17)10-37-14-36-22-23(33-12-26(28,29)30)34-13-35-24(22)37/h2-8,13-14,19H,9-12H2,1H3,(H2,31,32)(H,33,34,35)/t19-/m0/s1. The zero-order valence-electron chi connectivity index (χ0n) is 21.2. The SMILES string of the molecule is CC(N)=NC[C@H]1CN(c2ccc(-c3ccc(Cn4cnc5c(NCC(F)(F)I)ncnc54)cc3)c(F)c2)C(=O)O1. The summed E-state index contributed by atoms with van der Waals surface area (Å²) in [6.07, 6.45) is 1.84. The molecule has 10 nitrogen and oxygen atoms in total. The van der Waals surface area contributed by atoms with Crippen molar-refractivity contribution in [2.24, 2.45) is 10.7 Å². The van der Waals surface area contributed by atoms with Gasteiger partial charge in [0.15, 0.2) is 11.5 Å². The van der Waals surface area contributed by atoms with Crippen molar-refractivity contribution in [2.45, 2.75) is 23.5 Å². The van der Waals surface area contributed by atoms with E-state index in [9.17, 15) is 13.6 Å². The Morgan fingerprint density at radius 3 is 2.70 bits per heavy atom.